The van der Waals surface area contributed by atoms with Gasteiger partial charge in [-0.2, -0.15) is 0 Å². The highest BCUT2D eigenvalue weighted by Crippen LogP contribution is 2.24. The highest BCUT2D eigenvalue weighted by molar-refractivity contribution is 5.86. The molecule has 0 bridgehead atoms. The van der Waals surface area contributed by atoms with Crippen molar-refractivity contribution in [1.82, 2.24) is 9.80 Å². The van der Waals surface area contributed by atoms with Gasteiger partial charge in [0.25, 0.3) is 0 Å². The predicted molar refractivity (Wildman–Crippen MR) is 58.0 cm³/mol. The molecule has 0 spiro atoms. The molecule has 0 aromatic rings. The van der Waals surface area contributed by atoms with Crippen molar-refractivity contribution in [3.63, 3.8) is 0 Å². The number of likely N-dealkylation sites (tertiary alicyclic amines) is 2. The van der Waals surface area contributed by atoms with Gasteiger partial charge < -0.3 is 14.9 Å². The number of hydrogen-bond donors (Lipinski definition) is 1. The number of nitrogens with zero attached hydrogens (tertiary/aromatic N) is 2. The van der Waals surface area contributed by atoms with Crippen LogP contribution in [0.15, 0.2) is 0 Å². The lowest BCUT2D eigenvalue weighted by molar-refractivity contribution is -0.149. The molecule has 90 valence electrons. The van der Waals surface area contributed by atoms with Crippen molar-refractivity contribution in [1.29, 1.82) is 0 Å². The van der Waals surface area contributed by atoms with Gasteiger partial charge in [0.1, 0.15) is 6.04 Å². The summed E-state index contributed by atoms with van der Waals surface area (Å²) in [4.78, 5) is 26.8. The highest BCUT2D eigenvalue weighted by Gasteiger charge is 2.38. The molecule has 5 heteroatoms. The van der Waals surface area contributed by atoms with E-state index in [4.69, 9.17) is 5.11 Å². The third-order valence-corrected chi connectivity index (χ3v) is 3.56. The molecule has 2 rings (SSSR count). The fourth-order valence-electron chi connectivity index (χ4n) is 2.66. The summed E-state index contributed by atoms with van der Waals surface area (Å²) in [7, 11) is 1.99. The summed E-state index contributed by atoms with van der Waals surface area (Å²) in [6.45, 7) is 2.31. The highest BCUT2D eigenvalue weighted by atomic mass is 16.4. The number of amides is 1. The van der Waals surface area contributed by atoms with Crippen LogP contribution in [-0.4, -0.2) is 59.5 Å². The minimum absolute atomic E-state index is 0.00458. The lowest BCUT2D eigenvalue weighted by atomic mass is 10.1. The van der Waals surface area contributed by atoms with E-state index in [9.17, 15) is 9.59 Å². The van der Waals surface area contributed by atoms with Crippen LogP contribution in [0.4, 0.5) is 0 Å². The molecule has 2 aliphatic rings. The Hall–Kier alpha value is -1.10. The van der Waals surface area contributed by atoms with Gasteiger partial charge in [-0.1, -0.05) is 0 Å². The van der Waals surface area contributed by atoms with Gasteiger partial charge in [0, 0.05) is 13.1 Å². The summed E-state index contributed by atoms with van der Waals surface area (Å²) in [5.41, 5.74) is 0. The predicted octanol–water partition coefficient (Wildman–Crippen LogP) is 0.0137. The number of rotatable bonds is 2. The van der Waals surface area contributed by atoms with Crippen LogP contribution >= 0.6 is 0 Å². The van der Waals surface area contributed by atoms with Gasteiger partial charge in [-0.15, -0.1) is 0 Å². The van der Waals surface area contributed by atoms with E-state index in [-0.39, 0.29) is 11.8 Å². The summed E-state index contributed by atoms with van der Waals surface area (Å²) < 4.78 is 0. The largest absolute Gasteiger partial charge is 0.480 e. The number of carbonyl (C=O) groups is 2. The Morgan fingerprint density at radius 3 is 2.56 bits per heavy atom. The van der Waals surface area contributed by atoms with E-state index in [1.807, 2.05) is 7.05 Å². The van der Waals surface area contributed by atoms with Crippen LogP contribution in [0, 0.1) is 5.92 Å². The zero-order valence-electron chi connectivity index (χ0n) is 9.56. The number of aliphatic carboxylic acids is 1. The number of carbonyl (C=O) groups excluding carboxylic acids is 1. The van der Waals surface area contributed by atoms with E-state index < -0.39 is 12.0 Å². The minimum atomic E-state index is -0.864. The van der Waals surface area contributed by atoms with Gasteiger partial charge in [0.05, 0.1) is 5.92 Å². The van der Waals surface area contributed by atoms with Gasteiger partial charge in [-0.05, 0) is 32.9 Å². The molecule has 2 heterocycles. The molecule has 0 aliphatic carbocycles. The maximum atomic E-state index is 12.1. The first-order valence-electron chi connectivity index (χ1n) is 5.81. The lowest BCUT2D eigenvalue weighted by Crippen LogP contribution is -2.44. The monoisotopic (exact) mass is 226 g/mol. The fourth-order valence-corrected chi connectivity index (χ4v) is 2.66. The Morgan fingerprint density at radius 2 is 2.00 bits per heavy atom. The standard InChI is InChI=1S/C11H18N2O3/c1-12-6-4-8(7-12)10(14)13-5-2-3-9(13)11(15)16/h8-9H,2-7H2,1H3,(H,15,16). The smallest absolute Gasteiger partial charge is 0.326 e. The van der Waals surface area contributed by atoms with Crippen molar-refractivity contribution in [2.75, 3.05) is 26.7 Å². The molecule has 1 N–H and O–H groups in total. The summed E-state index contributed by atoms with van der Waals surface area (Å²) >= 11 is 0. The van der Waals surface area contributed by atoms with Gasteiger partial charge in [0.15, 0.2) is 0 Å². The molecule has 2 aliphatic heterocycles. The number of carboxylic acids is 1. The van der Waals surface area contributed by atoms with E-state index in [1.165, 1.54) is 0 Å². The molecular weight excluding hydrogens is 208 g/mol. The van der Waals surface area contributed by atoms with Crippen LogP contribution in [0.5, 0.6) is 0 Å². The molecule has 0 aromatic heterocycles. The molecule has 0 radical (unpaired) electrons. The fraction of sp³-hybridized carbons (Fsp3) is 0.818. The van der Waals surface area contributed by atoms with Gasteiger partial charge >= 0.3 is 5.97 Å². The Balaban J connectivity index is 2.01. The SMILES string of the molecule is CN1CCC(C(=O)N2CCCC2C(=O)O)C1. The van der Waals surface area contributed by atoms with Crippen molar-refractivity contribution in [3.8, 4) is 0 Å². The summed E-state index contributed by atoms with van der Waals surface area (Å²) in [6, 6.07) is -0.585. The van der Waals surface area contributed by atoms with Crippen LogP contribution in [0.25, 0.3) is 0 Å². The normalized spacial score (nSPS) is 30.9. The molecule has 2 saturated heterocycles. The van der Waals surface area contributed by atoms with E-state index >= 15 is 0 Å². The Kier molecular flexibility index (Phi) is 3.14. The van der Waals surface area contributed by atoms with Crippen LogP contribution in [0.3, 0.4) is 0 Å². The molecule has 2 fully saturated rings. The van der Waals surface area contributed by atoms with Crippen molar-refractivity contribution in [3.05, 3.63) is 0 Å². The topological polar surface area (TPSA) is 60.9 Å². The average molecular weight is 226 g/mol. The van der Waals surface area contributed by atoms with Crippen LogP contribution in [-0.2, 0) is 9.59 Å². The number of carboxylic acid groups (broad SMARTS) is 1. The first kappa shape index (κ1) is 11.4. The zero-order valence-corrected chi connectivity index (χ0v) is 9.56. The molecule has 2 unspecified atom stereocenters. The van der Waals surface area contributed by atoms with Crippen molar-refractivity contribution in [2.45, 2.75) is 25.3 Å². The second-order valence-electron chi connectivity index (χ2n) is 4.78. The molecule has 0 saturated carbocycles. The van der Waals surface area contributed by atoms with Crippen LogP contribution in [0.1, 0.15) is 19.3 Å². The van der Waals surface area contributed by atoms with Crippen LogP contribution < -0.4 is 0 Å². The van der Waals surface area contributed by atoms with Crippen molar-refractivity contribution >= 4 is 11.9 Å². The summed E-state index contributed by atoms with van der Waals surface area (Å²) in [5.74, 6) is -0.823. The Morgan fingerprint density at radius 1 is 1.25 bits per heavy atom. The summed E-state index contributed by atoms with van der Waals surface area (Å²) in [5, 5.41) is 9.02. The second kappa shape index (κ2) is 4.41. The third-order valence-electron chi connectivity index (χ3n) is 3.56. The van der Waals surface area contributed by atoms with Gasteiger partial charge in [0.2, 0.25) is 5.91 Å². The first-order chi connectivity index (χ1) is 7.59. The maximum Gasteiger partial charge on any atom is 0.326 e. The summed E-state index contributed by atoms with van der Waals surface area (Å²) in [6.07, 6.45) is 2.27. The van der Waals surface area contributed by atoms with Crippen molar-refractivity contribution in [2.24, 2.45) is 5.92 Å². The lowest BCUT2D eigenvalue weighted by Gasteiger charge is -2.24. The van der Waals surface area contributed by atoms with E-state index in [0.29, 0.717) is 13.0 Å². The quantitative estimate of drug-likeness (QED) is 0.720. The number of hydrogen-bond acceptors (Lipinski definition) is 3. The van der Waals surface area contributed by atoms with E-state index in [1.54, 1.807) is 4.90 Å². The third kappa shape index (κ3) is 2.04. The second-order valence-corrected chi connectivity index (χ2v) is 4.78. The molecule has 0 aromatic carbocycles. The maximum absolute atomic E-state index is 12.1. The molecular formula is C11H18N2O3. The van der Waals surface area contributed by atoms with Crippen molar-refractivity contribution < 1.29 is 14.7 Å². The Bertz CT molecular complexity index is 306. The molecule has 5 nitrogen and oxygen atoms in total. The minimum Gasteiger partial charge on any atom is -0.480 e. The van der Waals surface area contributed by atoms with Crippen LogP contribution in [0.2, 0.25) is 0 Å². The first-order valence-corrected chi connectivity index (χ1v) is 5.81. The molecule has 2 atom stereocenters. The van der Waals surface area contributed by atoms with Gasteiger partial charge in [-0.3, -0.25) is 4.79 Å². The average Bonchev–Trinajstić information content (AvgIpc) is 2.84. The Labute approximate surface area is 95.0 Å². The molecule has 16 heavy (non-hydrogen) atoms. The zero-order chi connectivity index (χ0) is 11.7. The van der Waals surface area contributed by atoms with E-state index in [2.05, 4.69) is 4.90 Å². The van der Waals surface area contributed by atoms with E-state index in [0.717, 1.165) is 25.9 Å². The molecule has 1 amide bonds. The van der Waals surface area contributed by atoms with Gasteiger partial charge in [-0.25, -0.2) is 4.79 Å².